The van der Waals surface area contributed by atoms with E-state index in [2.05, 4.69) is 6.92 Å². The number of carboxylic acid groups (broad SMARTS) is 1. The van der Waals surface area contributed by atoms with Crippen molar-refractivity contribution in [2.24, 2.45) is 11.8 Å². The van der Waals surface area contributed by atoms with Gasteiger partial charge < -0.3 is 5.11 Å². The molecule has 1 amide bonds. The number of unbranched alkanes of at least 4 members (excludes halogenated alkanes) is 14. The minimum atomic E-state index is -1.04. The van der Waals surface area contributed by atoms with Crippen molar-refractivity contribution in [2.45, 2.75) is 130 Å². The molecule has 3 N–H and O–H groups in total. The van der Waals surface area contributed by atoms with Gasteiger partial charge in [0.05, 0.1) is 0 Å². The fraction of sp³-hybridized carbons (Fsp3) is 0.913. The molecular formula is C23H46N2O3. The molecule has 1 atom stereocenters. The van der Waals surface area contributed by atoms with Gasteiger partial charge in [0.15, 0.2) is 0 Å². The number of amides is 1. The molecule has 0 spiro atoms. The average molecular weight is 399 g/mol. The highest BCUT2D eigenvalue weighted by molar-refractivity contribution is 5.83. The van der Waals surface area contributed by atoms with Crippen LogP contribution in [0.15, 0.2) is 0 Å². The second kappa shape index (κ2) is 18.0. The van der Waals surface area contributed by atoms with Crippen LogP contribution in [0.3, 0.4) is 0 Å². The molecule has 0 fully saturated rings. The second-order valence-corrected chi connectivity index (χ2v) is 8.53. The molecular weight excluding hydrogens is 352 g/mol. The van der Waals surface area contributed by atoms with Gasteiger partial charge in [-0.05, 0) is 12.3 Å². The van der Waals surface area contributed by atoms with Gasteiger partial charge in [-0.2, -0.15) is 0 Å². The van der Waals surface area contributed by atoms with Crippen LogP contribution in [0.5, 0.6) is 0 Å². The van der Waals surface area contributed by atoms with Crippen molar-refractivity contribution in [3.05, 3.63) is 0 Å². The van der Waals surface area contributed by atoms with E-state index in [9.17, 15) is 14.7 Å². The number of nitrogens with zero attached hydrogens (tertiary/aromatic N) is 1. The Balaban J connectivity index is 3.50. The Bertz CT molecular complexity index is 399. The van der Waals surface area contributed by atoms with Crippen molar-refractivity contribution in [2.75, 3.05) is 0 Å². The van der Waals surface area contributed by atoms with Crippen molar-refractivity contribution in [3.63, 3.8) is 0 Å². The smallest absolute Gasteiger partial charge is 0.328 e. The summed E-state index contributed by atoms with van der Waals surface area (Å²) in [7, 11) is 0. The first kappa shape index (κ1) is 26.9. The molecule has 0 heterocycles. The van der Waals surface area contributed by atoms with Crippen molar-refractivity contribution in [1.82, 2.24) is 5.01 Å². The lowest BCUT2D eigenvalue weighted by atomic mass is 10.0. The number of nitrogens with two attached hydrogens (primary N) is 1. The zero-order valence-corrected chi connectivity index (χ0v) is 18.8. The lowest BCUT2D eigenvalue weighted by Crippen LogP contribution is -2.52. The molecule has 5 heteroatoms. The highest BCUT2D eigenvalue weighted by Gasteiger charge is 2.29. The molecule has 0 radical (unpaired) electrons. The fourth-order valence-electron chi connectivity index (χ4n) is 3.66. The lowest BCUT2D eigenvalue weighted by Gasteiger charge is -2.26. The standard InChI is InChI=1S/C23H46N2O3/c1-4-5-6-7-8-9-10-11-12-13-14-15-16-17-18-19-21(26)25(24)22(20(2)3)23(27)28/h20,22H,4-19,24H2,1-3H3,(H,27,28). The van der Waals surface area contributed by atoms with Crippen molar-refractivity contribution < 1.29 is 14.7 Å². The maximum Gasteiger partial charge on any atom is 0.328 e. The molecule has 0 bridgehead atoms. The van der Waals surface area contributed by atoms with E-state index in [1.165, 1.54) is 77.0 Å². The summed E-state index contributed by atoms with van der Waals surface area (Å²) in [5.74, 6) is 4.22. The molecule has 0 aromatic carbocycles. The summed E-state index contributed by atoms with van der Waals surface area (Å²) in [6, 6.07) is -0.941. The second-order valence-electron chi connectivity index (χ2n) is 8.53. The van der Waals surface area contributed by atoms with Crippen LogP contribution in [-0.2, 0) is 9.59 Å². The third-order valence-electron chi connectivity index (χ3n) is 5.47. The van der Waals surface area contributed by atoms with Gasteiger partial charge in [0, 0.05) is 6.42 Å². The molecule has 1 unspecified atom stereocenters. The number of hydrogen-bond donors (Lipinski definition) is 2. The van der Waals surface area contributed by atoms with Crippen LogP contribution in [0.4, 0.5) is 0 Å². The SMILES string of the molecule is CCCCCCCCCCCCCCCCCC(=O)N(N)C(C(=O)O)C(C)C. The van der Waals surface area contributed by atoms with E-state index in [1.54, 1.807) is 13.8 Å². The van der Waals surface area contributed by atoms with E-state index < -0.39 is 12.0 Å². The van der Waals surface area contributed by atoms with Crippen LogP contribution in [0.2, 0.25) is 0 Å². The maximum atomic E-state index is 12.1. The van der Waals surface area contributed by atoms with E-state index in [0.29, 0.717) is 6.42 Å². The highest BCUT2D eigenvalue weighted by atomic mass is 16.4. The number of carbonyl (C=O) groups is 2. The summed E-state index contributed by atoms with van der Waals surface area (Å²) < 4.78 is 0. The predicted octanol–water partition coefficient (Wildman–Crippen LogP) is 6.06. The van der Waals surface area contributed by atoms with Crippen molar-refractivity contribution >= 4 is 11.9 Å². The molecule has 0 saturated heterocycles. The van der Waals surface area contributed by atoms with E-state index in [4.69, 9.17) is 5.84 Å². The Morgan fingerprint density at radius 1 is 0.750 bits per heavy atom. The molecule has 0 aliphatic rings. The number of hydrogen-bond acceptors (Lipinski definition) is 3. The van der Waals surface area contributed by atoms with Crippen molar-refractivity contribution in [3.8, 4) is 0 Å². The first-order valence-electron chi connectivity index (χ1n) is 11.7. The normalized spacial score (nSPS) is 12.3. The molecule has 166 valence electrons. The molecule has 0 saturated carbocycles. The first-order valence-corrected chi connectivity index (χ1v) is 11.7. The predicted molar refractivity (Wildman–Crippen MR) is 117 cm³/mol. The Labute approximate surface area is 173 Å². The van der Waals surface area contributed by atoms with Gasteiger partial charge in [-0.1, -0.05) is 111 Å². The fourth-order valence-corrected chi connectivity index (χ4v) is 3.66. The zero-order valence-electron chi connectivity index (χ0n) is 18.8. The number of rotatable bonds is 19. The monoisotopic (exact) mass is 398 g/mol. The van der Waals surface area contributed by atoms with Crippen LogP contribution in [0.1, 0.15) is 124 Å². The third-order valence-corrected chi connectivity index (χ3v) is 5.47. The van der Waals surface area contributed by atoms with E-state index in [0.717, 1.165) is 24.3 Å². The minimum absolute atomic E-state index is 0.201. The van der Waals surface area contributed by atoms with Gasteiger partial charge in [-0.25, -0.2) is 10.6 Å². The first-order chi connectivity index (χ1) is 13.4. The Kier molecular flexibility index (Phi) is 17.3. The van der Waals surface area contributed by atoms with Crippen LogP contribution >= 0.6 is 0 Å². The molecule has 0 aliphatic carbocycles. The molecule has 5 nitrogen and oxygen atoms in total. The van der Waals surface area contributed by atoms with Gasteiger partial charge in [-0.3, -0.25) is 9.80 Å². The van der Waals surface area contributed by atoms with Crippen LogP contribution in [-0.4, -0.2) is 28.0 Å². The van der Waals surface area contributed by atoms with Gasteiger partial charge in [0.25, 0.3) is 0 Å². The Morgan fingerprint density at radius 3 is 1.43 bits per heavy atom. The molecule has 0 rings (SSSR count). The van der Waals surface area contributed by atoms with E-state index in [-0.39, 0.29) is 11.8 Å². The number of carbonyl (C=O) groups excluding carboxylic acids is 1. The molecule has 0 aromatic rings. The molecule has 0 aromatic heterocycles. The number of aliphatic carboxylic acids is 1. The third kappa shape index (κ3) is 14.0. The number of hydrazine groups is 1. The van der Waals surface area contributed by atoms with Gasteiger partial charge in [0.2, 0.25) is 5.91 Å². The highest BCUT2D eigenvalue weighted by Crippen LogP contribution is 2.15. The van der Waals surface area contributed by atoms with E-state index in [1.807, 2.05) is 0 Å². The maximum absolute atomic E-state index is 12.1. The summed E-state index contributed by atoms with van der Waals surface area (Å²) >= 11 is 0. The molecule has 28 heavy (non-hydrogen) atoms. The molecule has 0 aliphatic heterocycles. The quantitative estimate of drug-likeness (QED) is 0.120. The summed E-state index contributed by atoms with van der Waals surface area (Å²) in [4.78, 5) is 23.3. The van der Waals surface area contributed by atoms with Crippen LogP contribution in [0, 0.1) is 5.92 Å². The summed E-state index contributed by atoms with van der Waals surface area (Å²) in [6.45, 7) is 5.79. The Hall–Kier alpha value is -1.10. The van der Waals surface area contributed by atoms with E-state index >= 15 is 0 Å². The van der Waals surface area contributed by atoms with Gasteiger partial charge >= 0.3 is 5.97 Å². The summed E-state index contributed by atoms with van der Waals surface area (Å²) in [5.41, 5.74) is 0. The zero-order chi connectivity index (χ0) is 21.2. The summed E-state index contributed by atoms with van der Waals surface area (Å²) in [5, 5.41) is 10.1. The number of carboxylic acids is 1. The minimum Gasteiger partial charge on any atom is -0.480 e. The van der Waals surface area contributed by atoms with Gasteiger partial charge in [-0.15, -0.1) is 0 Å². The summed E-state index contributed by atoms with van der Waals surface area (Å²) in [6.07, 6.45) is 19.5. The van der Waals surface area contributed by atoms with Crippen molar-refractivity contribution in [1.29, 1.82) is 0 Å². The average Bonchev–Trinajstić information content (AvgIpc) is 2.64. The lowest BCUT2D eigenvalue weighted by molar-refractivity contribution is -0.152. The van der Waals surface area contributed by atoms with Gasteiger partial charge in [0.1, 0.15) is 6.04 Å². The Morgan fingerprint density at radius 2 is 1.11 bits per heavy atom. The van der Waals surface area contributed by atoms with Crippen LogP contribution < -0.4 is 5.84 Å². The largest absolute Gasteiger partial charge is 0.480 e. The topological polar surface area (TPSA) is 83.6 Å². The van der Waals surface area contributed by atoms with Crippen LogP contribution in [0.25, 0.3) is 0 Å².